The summed E-state index contributed by atoms with van der Waals surface area (Å²) in [4.78, 5) is 16.5. The molecule has 0 radical (unpaired) electrons. The highest BCUT2D eigenvalue weighted by atomic mass is 32.1. The van der Waals surface area contributed by atoms with E-state index in [4.69, 9.17) is 0 Å². The fourth-order valence-corrected chi connectivity index (χ4v) is 2.92. The van der Waals surface area contributed by atoms with E-state index in [0.29, 0.717) is 0 Å². The van der Waals surface area contributed by atoms with Crippen LogP contribution >= 0.6 is 11.3 Å². The lowest BCUT2D eigenvalue weighted by molar-refractivity contribution is -0.126. The number of thiazole rings is 1. The summed E-state index contributed by atoms with van der Waals surface area (Å²) >= 11 is 1.57. The first-order chi connectivity index (χ1) is 8.00. The van der Waals surface area contributed by atoms with Crippen molar-refractivity contribution < 1.29 is 4.79 Å². The van der Waals surface area contributed by atoms with E-state index in [1.807, 2.05) is 19.2 Å². The van der Waals surface area contributed by atoms with Crippen LogP contribution in [0.25, 0.3) is 0 Å². The third kappa shape index (κ3) is 2.66. The minimum Gasteiger partial charge on any atom is -0.344 e. The zero-order valence-corrected chi connectivity index (χ0v) is 11.3. The van der Waals surface area contributed by atoms with Gasteiger partial charge in [0.25, 0.3) is 0 Å². The van der Waals surface area contributed by atoms with E-state index in [-0.39, 0.29) is 23.4 Å². The number of hydrogen-bond acceptors (Lipinski definition) is 4. The van der Waals surface area contributed by atoms with Crippen LogP contribution in [0, 0.1) is 5.92 Å². The van der Waals surface area contributed by atoms with E-state index in [1.54, 1.807) is 17.5 Å². The minimum absolute atomic E-state index is 0.0780. The molecule has 1 aromatic heterocycles. The molecular formula is C12H19N3OS. The fraction of sp³-hybridized carbons (Fsp3) is 0.667. The first kappa shape index (κ1) is 12.5. The van der Waals surface area contributed by atoms with Gasteiger partial charge in [-0.05, 0) is 33.7 Å². The highest BCUT2D eigenvalue weighted by Gasteiger charge is 2.33. The molecule has 2 atom stereocenters. The van der Waals surface area contributed by atoms with Gasteiger partial charge >= 0.3 is 0 Å². The molecule has 1 aliphatic heterocycles. The van der Waals surface area contributed by atoms with Crippen LogP contribution in [0.2, 0.25) is 0 Å². The van der Waals surface area contributed by atoms with E-state index < -0.39 is 0 Å². The monoisotopic (exact) mass is 253 g/mol. The molecular weight excluding hydrogens is 234 g/mol. The molecule has 0 aromatic carbocycles. The molecule has 1 aliphatic rings. The van der Waals surface area contributed by atoms with Gasteiger partial charge < -0.3 is 10.6 Å². The number of rotatable bonds is 3. The summed E-state index contributed by atoms with van der Waals surface area (Å²) in [6.07, 6.45) is 2.69. The number of carbonyl (C=O) groups is 1. The van der Waals surface area contributed by atoms with Gasteiger partial charge in [0, 0.05) is 17.6 Å². The molecule has 2 N–H and O–H groups in total. The van der Waals surface area contributed by atoms with Gasteiger partial charge in [0.2, 0.25) is 5.91 Å². The lowest BCUT2D eigenvalue weighted by Crippen LogP contribution is -2.46. The molecule has 1 saturated heterocycles. The Labute approximate surface area is 106 Å². The summed E-state index contributed by atoms with van der Waals surface area (Å²) in [5, 5.41) is 9.28. The van der Waals surface area contributed by atoms with Crippen molar-refractivity contribution in [2.75, 3.05) is 6.54 Å². The average Bonchev–Trinajstić information content (AvgIpc) is 2.85. The number of aromatic nitrogens is 1. The van der Waals surface area contributed by atoms with Gasteiger partial charge in [-0.3, -0.25) is 4.79 Å². The zero-order valence-electron chi connectivity index (χ0n) is 10.5. The molecule has 0 bridgehead atoms. The molecule has 4 nitrogen and oxygen atoms in total. The van der Waals surface area contributed by atoms with Crippen molar-refractivity contribution in [1.82, 2.24) is 15.6 Å². The summed E-state index contributed by atoms with van der Waals surface area (Å²) < 4.78 is 0. The number of nitrogens with zero attached hydrogens (tertiary/aromatic N) is 1. The minimum atomic E-state index is -0.381. The van der Waals surface area contributed by atoms with Crippen molar-refractivity contribution in [2.45, 2.75) is 38.8 Å². The molecule has 0 spiro atoms. The molecule has 5 heteroatoms. The molecule has 1 aromatic rings. The van der Waals surface area contributed by atoms with Crippen molar-refractivity contribution >= 4 is 17.2 Å². The third-order valence-electron chi connectivity index (χ3n) is 3.26. The summed E-state index contributed by atoms with van der Waals surface area (Å²) in [5.41, 5.74) is -0.381. The Bertz CT molecular complexity index is 388. The van der Waals surface area contributed by atoms with E-state index in [1.165, 1.54) is 0 Å². The maximum absolute atomic E-state index is 12.2. The first-order valence-corrected chi connectivity index (χ1v) is 6.84. The van der Waals surface area contributed by atoms with Gasteiger partial charge in [-0.2, -0.15) is 0 Å². The van der Waals surface area contributed by atoms with Crippen molar-refractivity contribution in [2.24, 2.45) is 5.92 Å². The summed E-state index contributed by atoms with van der Waals surface area (Å²) in [6.45, 7) is 6.98. The summed E-state index contributed by atoms with van der Waals surface area (Å²) in [5.74, 6) is 0.205. The Morgan fingerprint density at radius 2 is 2.41 bits per heavy atom. The molecule has 94 valence electrons. The Balaban J connectivity index is 2.03. The van der Waals surface area contributed by atoms with E-state index in [0.717, 1.165) is 18.0 Å². The highest BCUT2D eigenvalue weighted by Crippen LogP contribution is 2.24. The maximum atomic E-state index is 12.2. The molecule has 1 fully saturated rings. The van der Waals surface area contributed by atoms with Crippen molar-refractivity contribution in [3.63, 3.8) is 0 Å². The molecule has 0 aliphatic carbocycles. The third-order valence-corrected chi connectivity index (χ3v) is 4.36. The maximum Gasteiger partial charge on any atom is 0.225 e. The number of carbonyl (C=O) groups excluding carboxylic acids is 1. The normalized spacial score (nSPS) is 24.9. The van der Waals surface area contributed by atoms with Crippen LogP contribution in [0.1, 0.15) is 32.2 Å². The van der Waals surface area contributed by atoms with Gasteiger partial charge in [-0.15, -0.1) is 11.3 Å². The van der Waals surface area contributed by atoms with E-state index in [2.05, 4.69) is 22.5 Å². The van der Waals surface area contributed by atoms with Gasteiger partial charge in [0.15, 0.2) is 0 Å². The zero-order chi connectivity index (χ0) is 12.5. The smallest absolute Gasteiger partial charge is 0.225 e. The molecule has 2 heterocycles. The van der Waals surface area contributed by atoms with Crippen molar-refractivity contribution in [3.8, 4) is 0 Å². The van der Waals surface area contributed by atoms with Crippen LogP contribution in [-0.4, -0.2) is 23.5 Å². The quantitative estimate of drug-likeness (QED) is 0.858. The Hall–Kier alpha value is -0.940. The predicted molar refractivity (Wildman–Crippen MR) is 68.9 cm³/mol. The topological polar surface area (TPSA) is 54.0 Å². The molecule has 2 rings (SSSR count). The van der Waals surface area contributed by atoms with E-state index in [9.17, 15) is 4.79 Å². The van der Waals surface area contributed by atoms with Crippen molar-refractivity contribution in [1.29, 1.82) is 0 Å². The second-order valence-corrected chi connectivity index (χ2v) is 5.98. The number of amides is 1. The van der Waals surface area contributed by atoms with Gasteiger partial charge in [0.1, 0.15) is 5.01 Å². The highest BCUT2D eigenvalue weighted by molar-refractivity contribution is 7.09. The molecule has 17 heavy (non-hydrogen) atoms. The Kier molecular flexibility index (Phi) is 3.49. The van der Waals surface area contributed by atoms with Gasteiger partial charge in [-0.1, -0.05) is 0 Å². The van der Waals surface area contributed by atoms with Gasteiger partial charge in [0.05, 0.1) is 11.5 Å². The SMILES string of the molecule is CC1NCCC1C(=O)NC(C)(C)c1nccs1. The lowest BCUT2D eigenvalue weighted by Gasteiger charge is -2.26. The standard InChI is InChI=1S/C12H19N3OS/c1-8-9(4-5-13-8)10(16)15-12(2,3)11-14-6-7-17-11/h6-9,13H,4-5H2,1-3H3,(H,15,16). The summed E-state index contributed by atoms with van der Waals surface area (Å²) in [7, 11) is 0. The Morgan fingerprint density at radius 1 is 1.65 bits per heavy atom. The van der Waals surface area contributed by atoms with Crippen LogP contribution in [0.15, 0.2) is 11.6 Å². The van der Waals surface area contributed by atoms with Crippen molar-refractivity contribution in [3.05, 3.63) is 16.6 Å². The molecule has 2 unspecified atom stereocenters. The lowest BCUT2D eigenvalue weighted by atomic mass is 9.98. The van der Waals surface area contributed by atoms with Gasteiger partial charge in [-0.25, -0.2) is 4.98 Å². The van der Waals surface area contributed by atoms with Crippen LogP contribution < -0.4 is 10.6 Å². The van der Waals surface area contributed by atoms with Crippen LogP contribution in [-0.2, 0) is 10.3 Å². The summed E-state index contributed by atoms with van der Waals surface area (Å²) in [6, 6.07) is 0.266. The molecule has 1 amide bonds. The van der Waals surface area contributed by atoms with Crippen LogP contribution in [0.5, 0.6) is 0 Å². The first-order valence-electron chi connectivity index (χ1n) is 5.96. The average molecular weight is 253 g/mol. The second-order valence-electron chi connectivity index (χ2n) is 5.09. The number of hydrogen-bond donors (Lipinski definition) is 2. The fourth-order valence-electron chi connectivity index (χ4n) is 2.20. The molecule has 0 saturated carbocycles. The predicted octanol–water partition coefficient (Wildman–Crippen LogP) is 1.49. The Morgan fingerprint density at radius 3 is 2.94 bits per heavy atom. The number of nitrogens with one attached hydrogen (secondary N) is 2. The van der Waals surface area contributed by atoms with E-state index >= 15 is 0 Å². The second kappa shape index (κ2) is 4.74. The van der Waals surface area contributed by atoms with Crippen LogP contribution in [0.4, 0.5) is 0 Å². The largest absolute Gasteiger partial charge is 0.344 e. The van der Waals surface area contributed by atoms with Crippen LogP contribution in [0.3, 0.4) is 0 Å².